The molecule has 124 valence electrons. The maximum Gasteiger partial charge on any atom is 0.412 e. The standard InChI is InChI=1S/C16H18Br2N2O2S/c1-16(2,3)22-15(21)20-13-7-5-4-6-12(13)19-9-10-8-11(17)14(18)23-10/h4-8,19H,9H2,1-3H3,(H,20,21). The summed E-state index contributed by atoms with van der Waals surface area (Å²) in [7, 11) is 0. The third kappa shape index (κ3) is 5.82. The van der Waals surface area contributed by atoms with Gasteiger partial charge in [0.25, 0.3) is 0 Å². The van der Waals surface area contributed by atoms with Crippen molar-refractivity contribution in [3.05, 3.63) is 43.5 Å². The summed E-state index contributed by atoms with van der Waals surface area (Å²) in [4.78, 5) is 13.1. The summed E-state index contributed by atoms with van der Waals surface area (Å²) in [5, 5.41) is 6.12. The monoisotopic (exact) mass is 460 g/mol. The van der Waals surface area contributed by atoms with Gasteiger partial charge in [-0.05, 0) is 70.8 Å². The first kappa shape index (κ1) is 18.3. The van der Waals surface area contributed by atoms with Gasteiger partial charge in [0.2, 0.25) is 0 Å². The molecule has 1 aromatic carbocycles. The predicted molar refractivity (Wildman–Crippen MR) is 103 cm³/mol. The van der Waals surface area contributed by atoms with Crippen LogP contribution in [0.2, 0.25) is 0 Å². The van der Waals surface area contributed by atoms with Crippen LogP contribution in [0.3, 0.4) is 0 Å². The Bertz CT molecular complexity index is 676. The number of rotatable bonds is 4. The fourth-order valence-electron chi connectivity index (χ4n) is 1.82. The second-order valence-corrected chi connectivity index (χ2v) is 9.17. The summed E-state index contributed by atoms with van der Waals surface area (Å²) >= 11 is 8.62. The number of carbonyl (C=O) groups is 1. The zero-order valence-electron chi connectivity index (χ0n) is 13.1. The van der Waals surface area contributed by atoms with Crippen LogP contribution in [0.25, 0.3) is 0 Å². The van der Waals surface area contributed by atoms with Crippen LogP contribution in [-0.2, 0) is 11.3 Å². The minimum Gasteiger partial charge on any atom is -0.444 e. The lowest BCUT2D eigenvalue weighted by Gasteiger charge is -2.20. The maximum absolute atomic E-state index is 11.9. The van der Waals surface area contributed by atoms with E-state index < -0.39 is 11.7 Å². The molecule has 1 aromatic heterocycles. The number of thiophene rings is 1. The van der Waals surface area contributed by atoms with Crippen LogP contribution >= 0.6 is 43.2 Å². The highest BCUT2D eigenvalue weighted by molar-refractivity contribution is 9.13. The molecule has 0 aliphatic heterocycles. The lowest BCUT2D eigenvalue weighted by Crippen LogP contribution is -2.27. The number of ether oxygens (including phenoxy) is 1. The molecule has 23 heavy (non-hydrogen) atoms. The highest BCUT2D eigenvalue weighted by Gasteiger charge is 2.17. The van der Waals surface area contributed by atoms with E-state index in [0.717, 1.165) is 13.9 Å². The largest absolute Gasteiger partial charge is 0.444 e. The van der Waals surface area contributed by atoms with E-state index in [9.17, 15) is 4.79 Å². The molecule has 0 unspecified atom stereocenters. The Hall–Kier alpha value is -1.05. The van der Waals surface area contributed by atoms with Crippen molar-refractivity contribution in [3.63, 3.8) is 0 Å². The smallest absolute Gasteiger partial charge is 0.412 e. The Kier molecular flexibility index (Phi) is 6.11. The molecule has 0 aliphatic carbocycles. The molecular weight excluding hydrogens is 444 g/mol. The van der Waals surface area contributed by atoms with Gasteiger partial charge in [0.15, 0.2) is 0 Å². The molecule has 4 nitrogen and oxygen atoms in total. The Morgan fingerprint density at radius 2 is 1.87 bits per heavy atom. The third-order valence-corrected chi connectivity index (χ3v) is 5.97. The van der Waals surface area contributed by atoms with Crippen LogP contribution in [-0.4, -0.2) is 11.7 Å². The van der Waals surface area contributed by atoms with E-state index >= 15 is 0 Å². The maximum atomic E-state index is 11.9. The van der Waals surface area contributed by atoms with Crippen molar-refractivity contribution in [1.82, 2.24) is 0 Å². The lowest BCUT2D eigenvalue weighted by molar-refractivity contribution is 0.0636. The van der Waals surface area contributed by atoms with Crippen molar-refractivity contribution in [1.29, 1.82) is 0 Å². The van der Waals surface area contributed by atoms with Gasteiger partial charge in [-0.2, -0.15) is 0 Å². The average Bonchev–Trinajstić information content (AvgIpc) is 2.75. The first-order chi connectivity index (χ1) is 10.7. The number of hydrogen-bond donors (Lipinski definition) is 2. The zero-order valence-corrected chi connectivity index (χ0v) is 17.1. The second kappa shape index (κ2) is 7.68. The normalized spacial score (nSPS) is 11.2. The van der Waals surface area contributed by atoms with Gasteiger partial charge in [0.05, 0.1) is 15.2 Å². The van der Waals surface area contributed by atoms with Crippen LogP contribution < -0.4 is 10.6 Å². The zero-order chi connectivity index (χ0) is 17.0. The fraction of sp³-hybridized carbons (Fsp3) is 0.312. The number of hydrogen-bond acceptors (Lipinski definition) is 4. The highest BCUT2D eigenvalue weighted by Crippen LogP contribution is 2.33. The molecule has 0 saturated carbocycles. The number of benzene rings is 1. The van der Waals surface area contributed by atoms with Crippen molar-refractivity contribution in [3.8, 4) is 0 Å². The summed E-state index contributed by atoms with van der Waals surface area (Å²) in [6, 6.07) is 9.61. The Labute approximate surface area is 156 Å². The van der Waals surface area contributed by atoms with E-state index in [-0.39, 0.29) is 0 Å². The van der Waals surface area contributed by atoms with Gasteiger partial charge >= 0.3 is 6.09 Å². The molecule has 0 fully saturated rings. The molecule has 1 amide bonds. The molecule has 0 aliphatic rings. The van der Waals surface area contributed by atoms with E-state index in [0.29, 0.717) is 12.2 Å². The molecule has 2 rings (SSSR count). The molecule has 1 heterocycles. The van der Waals surface area contributed by atoms with Crippen molar-refractivity contribution in [2.24, 2.45) is 0 Å². The van der Waals surface area contributed by atoms with Gasteiger partial charge in [-0.25, -0.2) is 4.79 Å². The number of nitrogens with one attached hydrogen (secondary N) is 2. The van der Waals surface area contributed by atoms with E-state index in [1.54, 1.807) is 11.3 Å². The third-order valence-electron chi connectivity index (χ3n) is 2.71. The summed E-state index contributed by atoms with van der Waals surface area (Å²) in [5.41, 5.74) is 1.01. The summed E-state index contributed by atoms with van der Waals surface area (Å²) in [5.74, 6) is 0. The Balaban J connectivity index is 2.04. The molecule has 7 heteroatoms. The van der Waals surface area contributed by atoms with Gasteiger partial charge in [-0.3, -0.25) is 5.32 Å². The van der Waals surface area contributed by atoms with Crippen LogP contribution in [0.4, 0.5) is 16.2 Å². The first-order valence-electron chi connectivity index (χ1n) is 7.01. The van der Waals surface area contributed by atoms with E-state index in [1.165, 1.54) is 4.88 Å². The molecule has 0 spiro atoms. The molecule has 2 aromatic rings. The molecule has 0 radical (unpaired) electrons. The summed E-state index contributed by atoms with van der Waals surface area (Å²) in [6.07, 6.45) is -0.464. The lowest BCUT2D eigenvalue weighted by atomic mass is 10.2. The van der Waals surface area contributed by atoms with Crippen LogP contribution in [0.1, 0.15) is 25.6 Å². The van der Waals surface area contributed by atoms with Crippen LogP contribution in [0.15, 0.2) is 38.6 Å². The van der Waals surface area contributed by atoms with Crippen molar-refractivity contribution < 1.29 is 9.53 Å². The molecule has 0 bridgehead atoms. The van der Waals surface area contributed by atoms with E-state index in [2.05, 4.69) is 48.6 Å². The number of para-hydroxylation sites is 2. The fourth-order valence-corrected chi connectivity index (χ4v) is 3.94. The van der Waals surface area contributed by atoms with Crippen molar-refractivity contribution in [2.45, 2.75) is 32.9 Å². The molecular formula is C16H18Br2N2O2S. The highest BCUT2D eigenvalue weighted by atomic mass is 79.9. The molecule has 0 saturated heterocycles. The van der Waals surface area contributed by atoms with Crippen molar-refractivity contribution in [2.75, 3.05) is 10.6 Å². The van der Waals surface area contributed by atoms with Gasteiger partial charge in [-0.1, -0.05) is 12.1 Å². The number of halogens is 2. The number of amides is 1. The van der Waals surface area contributed by atoms with E-state index in [1.807, 2.05) is 45.0 Å². The van der Waals surface area contributed by atoms with Gasteiger partial charge in [0.1, 0.15) is 5.60 Å². The Morgan fingerprint density at radius 1 is 1.22 bits per heavy atom. The van der Waals surface area contributed by atoms with E-state index in [4.69, 9.17) is 4.74 Å². The number of carbonyl (C=O) groups excluding carboxylic acids is 1. The SMILES string of the molecule is CC(C)(C)OC(=O)Nc1ccccc1NCc1cc(Br)c(Br)s1. The Morgan fingerprint density at radius 3 is 2.43 bits per heavy atom. The minimum absolute atomic E-state index is 0.464. The predicted octanol–water partition coefficient (Wildman–Crippen LogP) is 6.23. The van der Waals surface area contributed by atoms with Gasteiger partial charge in [0, 0.05) is 15.9 Å². The second-order valence-electron chi connectivity index (χ2n) is 5.86. The first-order valence-corrected chi connectivity index (χ1v) is 9.41. The van der Waals surface area contributed by atoms with Gasteiger partial charge < -0.3 is 10.1 Å². The summed E-state index contributed by atoms with van der Waals surface area (Å²) < 4.78 is 7.40. The molecule has 0 atom stereocenters. The number of anilines is 2. The minimum atomic E-state index is -0.526. The van der Waals surface area contributed by atoms with Crippen molar-refractivity contribution >= 4 is 60.7 Å². The quantitative estimate of drug-likeness (QED) is 0.567. The topological polar surface area (TPSA) is 50.4 Å². The molecule has 2 N–H and O–H groups in total. The summed E-state index contributed by atoms with van der Waals surface area (Å²) in [6.45, 7) is 6.18. The average molecular weight is 462 g/mol. The van der Waals surface area contributed by atoms with Gasteiger partial charge in [-0.15, -0.1) is 11.3 Å². The van der Waals surface area contributed by atoms with Crippen LogP contribution in [0, 0.1) is 0 Å². The van der Waals surface area contributed by atoms with Crippen LogP contribution in [0.5, 0.6) is 0 Å².